The number of carbonyl (C=O) groups is 1. The number of nitrogens with zero attached hydrogens (tertiary/aromatic N) is 5. The van der Waals surface area contributed by atoms with E-state index in [1.165, 1.54) is 6.26 Å². The van der Waals surface area contributed by atoms with Gasteiger partial charge < -0.3 is 23.8 Å². The van der Waals surface area contributed by atoms with Crippen LogP contribution < -0.4 is 9.64 Å². The molecule has 12 heteroatoms. The molecule has 0 aliphatic carbocycles. The number of likely N-dealkylation sites (tertiary alicyclic amines) is 1. The summed E-state index contributed by atoms with van der Waals surface area (Å²) in [6.45, 7) is 6.44. The highest BCUT2D eigenvalue weighted by atomic mass is 35.5. The van der Waals surface area contributed by atoms with E-state index < -0.39 is 28.7 Å². The fourth-order valence-electron chi connectivity index (χ4n) is 3.84. The number of aromatic nitrogens is 3. The maximum atomic E-state index is 14.8. The molecule has 0 N–H and O–H groups in total. The molecule has 0 bridgehead atoms. The molecule has 0 aromatic carbocycles. The molecular weight excluding hydrogens is 449 g/mol. The Bertz CT molecular complexity index is 1050. The molecule has 3 unspecified atom stereocenters. The predicted molar refractivity (Wildman–Crippen MR) is 114 cm³/mol. The Labute approximate surface area is 187 Å². The van der Waals surface area contributed by atoms with Crippen LogP contribution in [0.4, 0.5) is 15.0 Å². The third-order valence-corrected chi connectivity index (χ3v) is 6.20. The van der Waals surface area contributed by atoms with E-state index in [0.29, 0.717) is 18.9 Å². The molecule has 168 valence electrons. The summed E-state index contributed by atoms with van der Waals surface area (Å²) in [7, 11) is 1.79. The highest BCUT2D eigenvalue weighted by Crippen LogP contribution is 2.39. The Hall–Kier alpha value is -2.11. The molecule has 1 amide bonds. The predicted octanol–water partition coefficient (Wildman–Crippen LogP) is 2.62. The third-order valence-electron chi connectivity index (χ3n) is 5.25. The van der Waals surface area contributed by atoms with Crippen LogP contribution >= 0.6 is 11.6 Å². The van der Waals surface area contributed by atoms with Gasteiger partial charge in [0, 0.05) is 37.2 Å². The average molecular weight is 472 g/mol. The zero-order valence-electron chi connectivity index (χ0n) is 17.8. The molecule has 4 heterocycles. The first-order valence-corrected chi connectivity index (χ1v) is 11.6. The van der Waals surface area contributed by atoms with Crippen molar-refractivity contribution in [1.82, 2.24) is 19.9 Å². The maximum absolute atomic E-state index is 14.8. The largest absolute Gasteiger partial charge is 0.609 e. The van der Waals surface area contributed by atoms with Crippen LogP contribution in [0.25, 0.3) is 10.9 Å². The van der Waals surface area contributed by atoms with E-state index in [2.05, 4.69) is 15.0 Å². The van der Waals surface area contributed by atoms with Crippen molar-refractivity contribution in [2.45, 2.75) is 37.6 Å². The van der Waals surface area contributed by atoms with Crippen LogP contribution in [-0.2, 0) is 15.9 Å². The minimum atomic E-state index is -1.56. The molecule has 2 aliphatic rings. The van der Waals surface area contributed by atoms with Crippen LogP contribution in [0.3, 0.4) is 0 Å². The molecule has 3 atom stereocenters. The van der Waals surface area contributed by atoms with Gasteiger partial charge in [-0.1, -0.05) is 11.6 Å². The lowest BCUT2D eigenvalue weighted by atomic mass is 10.0. The zero-order valence-corrected chi connectivity index (χ0v) is 19.4. The van der Waals surface area contributed by atoms with Gasteiger partial charge in [0.25, 0.3) is 0 Å². The minimum absolute atomic E-state index is 0.0272. The Kier molecular flexibility index (Phi) is 5.55. The third kappa shape index (κ3) is 4.06. The second kappa shape index (κ2) is 7.79. The summed E-state index contributed by atoms with van der Waals surface area (Å²) in [4.78, 5) is 28.7. The van der Waals surface area contributed by atoms with Crippen LogP contribution in [0, 0.1) is 11.7 Å². The fourth-order valence-corrected chi connectivity index (χ4v) is 4.44. The molecule has 0 spiro atoms. The summed E-state index contributed by atoms with van der Waals surface area (Å²) in [5.41, 5.74) is -0.716. The second-order valence-electron chi connectivity index (χ2n) is 8.66. The lowest BCUT2D eigenvalue weighted by molar-refractivity contribution is 0.0283. The van der Waals surface area contributed by atoms with Crippen molar-refractivity contribution in [3.63, 3.8) is 0 Å². The van der Waals surface area contributed by atoms with Crippen molar-refractivity contribution < 1.29 is 23.2 Å². The molecule has 1 fully saturated rings. The second-order valence-corrected chi connectivity index (χ2v) is 10.3. The summed E-state index contributed by atoms with van der Waals surface area (Å²) in [6.07, 6.45) is 0.998. The molecule has 4 rings (SSSR count). The van der Waals surface area contributed by atoms with Crippen molar-refractivity contribution in [3.8, 4) is 5.88 Å². The molecule has 9 nitrogen and oxygen atoms in total. The number of hydrogen-bond donors (Lipinski definition) is 0. The van der Waals surface area contributed by atoms with Gasteiger partial charge in [-0.3, -0.25) is 0 Å². The number of amides is 1. The van der Waals surface area contributed by atoms with Gasteiger partial charge in [0.2, 0.25) is 5.88 Å². The van der Waals surface area contributed by atoms with E-state index in [9.17, 15) is 13.7 Å². The van der Waals surface area contributed by atoms with Gasteiger partial charge in [0.1, 0.15) is 22.8 Å². The summed E-state index contributed by atoms with van der Waals surface area (Å²) >= 11 is 4.41. The summed E-state index contributed by atoms with van der Waals surface area (Å²) in [6, 6.07) is -0.185. The summed E-state index contributed by atoms with van der Waals surface area (Å²) < 4.78 is 38.3. The van der Waals surface area contributed by atoms with Crippen molar-refractivity contribution in [2.75, 3.05) is 37.9 Å². The number of rotatable bonds is 1. The van der Waals surface area contributed by atoms with E-state index >= 15 is 0 Å². The van der Waals surface area contributed by atoms with Crippen molar-refractivity contribution in [1.29, 1.82) is 0 Å². The Balaban J connectivity index is 1.78. The number of pyridine rings is 1. The summed E-state index contributed by atoms with van der Waals surface area (Å²) in [5.74, 6) is -0.483. The molecule has 0 radical (unpaired) electrons. The molecule has 0 saturated carbocycles. The fraction of sp³-hybridized carbons (Fsp3) is 0.579. The lowest BCUT2D eigenvalue weighted by Gasteiger charge is -2.32. The number of carbonyl (C=O) groups excluding carboxylic acids is 1. The Morgan fingerprint density at radius 3 is 2.68 bits per heavy atom. The molecule has 2 aromatic rings. The molecule has 1 saturated heterocycles. The van der Waals surface area contributed by atoms with E-state index in [0.717, 1.165) is 0 Å². The molecule has 2 aromatic heterocycles. The number of ether oxygens (including phenoxy) is 2. The Morgan fingerprint density at radius 2 is 2.03 bits per heavy atom. The van der Waals surface area contributed by atoms with E-state index in [1.807, 2.05) is 25.7 Å². The maximum Gasteiger partial charge on any atom is 0.410 e. The van der Waals surface area contributed by atoms with Gasteiger partial charge in [-0.2, -0.15) is 15.0 Å². The van der Waals surface area contributed by atoms with Crippen LogP contribution in [0.2, 0.25) is 5.15 Å². The van der Waals surface area contributed by atoms with E-state index in [4.69, 9.17) is 21.1 Å². The quantitative estimate of drug-likeness (QED) is 0.355. The normalized spacial score (nSPS) is 21.9. The van der Waals surface area contributed by atoms with Gasteiger partial charge in [-0.05, 0) is 20.8 Å². The topological polar surface area (TPSA) is 104 Å². The summed E-state index contributed by atoms with van der Waals surface area (Å²) in [5, 5.41) is -0.157. The van der Waals surface area contributed by atoms with Crippen molar-refractivity contribution in [2.24, 2.45) is 5.92 Å². The first-order valence-electron chi connectivity index (χ1n) is 9.70. The highest BCUT2D eigenvalue weighted by Gasteiger charge is 2.42. The molecule has 31 heavy (non-hydrogen) atoms. The van der Waals surface area contributed by atoms with E-state index in [1.54, 1.807) is 11.9 Å². The van der Waals surface area contributed by atoms with Gasteiger partial charge in [-0.25, -0.2) is 9.18 Å². The molecule has 2 aliphatic heterocycles. The minimum Gasteiger partial charge on any atom is -0.609 e. The van der Waals surface area contributed by atoms with Crippen LogP contribution in [0.15, 0.2) is 5.16 Å². The Morgan fingerprint density at radius 1 is 1.32 bits per heavy atom. The average Bonchev–Trinajstić information content (AvgIpc) is 3.10. The monoisotopic (exact) mass is 471 g/mol. The van der Waals surface area contributed by atoms with Gasteiger partial charge >= 0.3 is 11.2 Å². The zero-order chi connectivity index (χ0) is 22.7. The number of anilines is 1. The smallest absolute Gasteiger partial charge is 0.410 e. The van der Waals surface area contributed by atoms with Crippen LogP contribution in [-0.4, -0.2) is 75.1 Å². The van der Waals surface area contributed by atoms with Crippen molar-refractivity contribution >= 4 is 45.6 Å². The van der Waals surface area contributed by atoms with Crippen molar-refractivity contribution in [3.05, 3.63) is 11.0 Å². The number of fused-ring (bicyclic) bond motifs is 1. The SMILES string of the molecule is CN1c2nc([S+](C)[O-])nc3c(F)c(Cl)nc(c23)OCC2CN(C(=O)OC(C)(C)C)CC21. The van der Waals surface area contributed by atoms with Gasteiger partial charge in [0.15, 0.2) is 16.8 Å². The lowest BCUT2D eigenvalue weighted by Crippen LogP contribution is -2.42. The number of halogens is 2. The van der Waals surface area contributed by atoms with Gasteiger partial charge in [0.05, 0.1) is 12.6 Å². The van der Waals surface area contributed by atoms with Gasteiger partial charge in [-0.15, -0.1) is 0 Å². The van der Waals surface area contributed by atoms with Crippen LogP contribution in [0.5, 0.6) is 5.88 Å². The first-order chi connectivity index (χ1) is 14.5. The highest BCUT2D eigenvalue weighted by molar-refractivity contribution is 7.90. The number of likely N-dealkylation sites (N-methyl/N-ethyl adjacent to an activating group) is 1. The molecular formula is C19H23ClFN5O4S. The number of hydrogen-bond acceptors (Lipinski definition) is 8. The standard InChI is InChI=1S/C19H23ClFN5O4S/c1-19(2,3)30-18(27)26-6-9-8-29-16-11-13(12(21)14(20)23-16)22-17(31(5)28)24-15(11)25(4)10(9)7-26/h9-10H,6-8H2,1-5H3. The van der Waals surface area contributed by atoms with Crippen LogP contribution in [0.1, 0.15) is 20.8 Å². The first kappa shape index (κ1) is 22.1. The van der Waals surface area contributed by atoms with E-state index in [-0.39, 0.29) is 45.7 Å².